The molecule has 0 aromatic carbocycles. The summed E-state index contributed by atoms with van der Waals surface area (Å²) in [6.45, 7) is 0.0933. The fraction of sp³-hybridized carbons (Fsp3) is 0.667. The van der Waals surface area contributed by atoms with Gasteiger partial charge in [-0.25, -0.2) is 9.59 Å². The van der Waals surface area contributed by atoms with E-state index in [2.05, 4.69) is 10.6 Å². The Morgan fingerprint density at radius 3 is 2.53 bits per heavy atom. The highest BCUT2D eigenvalue weighted by Gasteiger charge is 2.18. The Bertz CT molecular complexity index is 285. The minimum atomic E-state index is -1.08. The Hall–Kier alpha value is -1.44. The molecule has 0 radical (unpaired) electrons. The lowest BCUT2D eigenvalue weighted by molar-refractivity contribution is -0.139. The molecule has 0 saturated heterocycles. The number of carbonyl (C=O) groups is 3. The van der Waals surface area contributed by atoms with Crippen LogP contribution >= 0.6 is 11.8 Å². The number of nitrogens with one attached hydrogen (secondary N) is 2. The number of hydrogen-bond acceptors (Lipinski definition) is 4. The first-order valence-electron chi connectivity index (χ1n) is 5.01. The van der Waals surface area contributed by atoms with E-state index in [0.717, 1.165) is 0 Å². The van der Waals surface area contributed by atoms with Crippen LogP contribution in [0.2, 0.25) is 0 Å². The minimum absolute atomic E-state index is 0.0238. The van der Waals surface area contributed by atoms with Crippen molar-refractivity contribution in [2.24, 2.45) is 5.73 Å². The van der Waals surface area contributed by atoms with Crippen molar-refractivity contribution in [2.45, 2.75) is 18.9 Å². The normalized spacial score (nSPS) is 11.6. The summed E-state index contributed by atoms with van der Waals surface area (Å²) in [7, 11) is 0. The average molecular weight is 263 g/mol. The van der Waals surface area contributed by atoms with Crippen molar-refractivity contribution in [1.29, 1.82) is 0 Å². The van der Waals surface area contributed by atoms with Crippen LogP contribution in [-0.2, 0) is 9.59 Å². The van der Waals surface area contributed by atoms with Crippen LogP contribution in [0.25, 0.3) is 0 Å². The standard InChI is InChI=1S/C9H17N3O4S/c1-17-5-3-6(8(14)15)12-9(16)11-4-2-7(10)13/h6H,2-5H2,1H3,(H2,10,13)(H,14,15)(H2,11,12,16). The van der Waals surface area contributed by atoms with Gasteiger partial charge in [-0.2, -0.15) is 11.8 Å². The van der Waals surface area contributed by atoms with Crippen molar-refractivity contribution in [3.05, 3.63) is 0 Å². The van der Waals surface area contributed by atoms with Gasteiger partial charge in [-0.15, -0.1) is 0 Å². The molecule has 98 valence electrons. The van der Waals surface area contributed by atoms with Gasteiger partial charge in [0.2, 0.25) is 5.91 Å². The van der Waals surface area contributed by atoms with E-state index < -0.39 is 23.9 Å². The lowest BCUT2D eigenvalue weighted by Gasteiger charge is -2.14. The highest BCUT2D eigenvalue weighted by Crippen LogP contribution is 2.00. The number of amides is 3. The number of primary amides is 1. The van der Waals surface area contributed by atoms with E-state index in [9.17, 15) is 14.4 Å². The molecule has 0 aliphatic heterocycles. The van der Waals surface area contributed by atoms with Crippen molar-refractivity contribution in [3.63, 3.8) is 0 Å². The molecule has 0 aromatic heterocycles. The number of carboxylic acids is 1. The summed E-state index contributed by atoms with van der Waals surface area (Å²) in [5, 5.41) is 13.5. The highest BCUT2D eigenvalue weighted by molar-refractivity contribution is 7.98. The summed E-state index contributed by atoms with van der Waals surface area (Å²) in [5.41, 5.74) is 4.89. The molecule has 8 heteroatoms. The van der Waals surface area contributed by atoms with Crippen molar-refractivity contribution in [1.82, 2.24) is 10.6 Å². The number of hydrogen-bond donors (Lipinski definition) is 4. The van der Waals surface area contributed by atoms with E-state index in [4.69, 9.17) is 10.8 Å². The van der Waals surface area contributed by atoms with Gasteiger partial charge in [0.1, 0.15) is 6.04 Å². The number of carboxylic acid groups (broad SMARTS) is 1. The molecule has 7 nitrogen and oxygen atoms in total. The second-order valence-corrected chi connectivity index (χ2v) is 4.27. The average Bonchev–Trinajstić information content (AvgIpc) is 2.23. The van der Waals surface area contributed by atoms with Gasteiger partial charge in [0.15, 0.2) is 0 Å². The highest BCUT2D eigenvalue weighted by atomic mass is 32.2. The van der Waals surface area contributed by atoms with Crippen LogP contribution in [0.15, 0.2) is 0 Å². The van der Waals surface area contributed by atoms with Crippen LogP contribution in [0.5, 0.6) is 0 Å². The fourth-order valence-electron chi connectivity index (χ4n) is 1.00. The van der Waals surface area contributed by atoms with Crippen LogP contribution in [-0.4, -0.2) is 47.6 Å². The molecule has 0 rings (SSSR count). The third-order valence-corrected chi connectivity index (χ3v) is 2.51. The van der Waals surface area contributed by atoms with E-state index in [1.165, 1.54) is 11.8 Å². The maximum Gasteiger partial charge on any atom is 0.326 e. The van der Waals surface area contributed by atoms with Crippen LogP contribution in [0.3, 0.4) is 0 Å². The van der Waals surface area contributed by atoms with Gasteiger partial charge in [0.25, 0.3) is 0 Å². The maximum absolute atomic E-state index is 11.3. The second-order valence-electron chi connectivity index (χ2n) is 3.29. The molecule has 0 fully saturated rings. The zero-order valence-corrected chi connectivity index (χ0v) is 10.4. The van der Waals surface area contributed by atoms with Crippen molar-refractivity contribution in [2.75, 3.05) is 18.6 Å². The lowest BCUT2D eigenvalue weighted by atomic mass is 10.2. The molecule has 0 aromatic rings. The van der Waals surface area contributed by atoms with E-state index in [1.807, 2.05) is 6.26 Å². The van der Waals surface area contributed by atoms with Crippen molar-refractivity contribution < 1.29 is 19.5 Å². The second kappa shape index (κ2) is 8.68. The predicted molar refractivity (Wildman–Crippen MR) is 64.8 cm³/mol. The zero-order valence-electron chi connectivity index (χ0n) is 9.56. The van der Waals surface area contributed by atoms with Crippen LogP contribution in [0.1, 0.15) is 12.8 Å². The summed E-state index contributed by atoms with van der Waals surface area (Å²) in [5.74, 6) is -0.968. The van der Waals surface area contributed by atoms with Gasteiger partial charge in [0, 0.05) is 13.0 Å². The number of carbonyl (C=O) groups excluding carboxylic acids is 2. The Labute approximate surface area is 104 Å². The van der Waals surface area contributed by atoms with Gasteiger partial charge in [-0.3, -0.25) is 4.79 Å². The Balaban J connectivity index is 3.95. The first kappa shape index (κ1) is 15.6. The summed E-state index contributed by atoms with van der Waals surface area (Å²) in [6, 6.07) is -1.53. The van der Waals surface area contributed by atoms with Crippen molar-refractivity contribution in [3.8, 4) is 0 Å². The van der Waals surface area contributed by atoms with E-state index in [-0.39, 0.29) is 13.0 Å². The Morgan fingerprint density at radius 2 is 2.06 bits per heavy atom. The molecule has 5 N–H and O–H groups in total. The molecule has 0 heterocycles. The van der Waals surface area contributed by atoms with Gasteiger partial charge in [-0.05, 0) is 18.4 Å². The first-order chi connectivity index (χ1) is 7.97. The number of urea groups is 1. The molecule has 0 aliphatic rings. The molecule has 0 bridgehead atoms. The molecule has 0 aliphatic carbocycles. The molecular weight excluding hydrogens is 246 g/mol. The molecular formula is C9H17N3O4S. The maximum atomic E-state index is 11.3. The zero-order chi connectivity index (χ0) is 13.3. The summed E-state index contributed by atoms with van der Waals surface area (Å²) >= 11 is 1.50. The molecule has 1 unspecified atom stereocenters. The molecule has 0 saturated carbocycles. The monoisotopic (exact) mass is 263 g/mol. The third kappa shape index (κ3) is 8.38. The van der Waals surface area contributed by atoms with Gasteiger partial charge in [-0.1, -0.05) is 0 Å². The summed E-state index contributed by atoms with van der Waals surface area (Å²) in [6.07, 6.45) is 2.22. The minimum Gasteiger partial charge on any atom is -0.480 e. The number of rotatable bonds is 8. The summed E-state index contributed by atoms with van der Waals surface area (Å²) < 4.78 is 0. The Kier molecular flexibility index (Phi) is 7.95. The third-order valence-electron chi connectivity index (χ3n) is 1.87. The quantitative estimate of drug-likeness (QED) is 0.464. The van der Waals surface area contributed by atoms with Gasteiger partial charge in [0.05, 0.1) is 0 Å². The van der Waals surface area contributed by atoms with E-state index >= 15 is 0 Å². The topological polar surface area (TPSA) is 122 Å². The van der Waals surface area contributed by atoms with Crippen LogP contribution < -0.4 is 16.4 Å². The molecule has 0 spiro atoms. The molecule has 1 atom stereocenters. The van der Waals surface area contributed by atoms with E-state index in [0.29, 0.717) is 12.2 Å². The fourth-order valence-corrected chi connectivity index (χ4v) is 1.47. The Morgan fingerprint density at radius 1 is 1.41 bits per heavy atom. The van der Waals surface area contributed by atoms with Crippen molar-refractivity contribution >= 4 is 29.7 Å². The number of nitrogens with two attached hydrogens (primary N) is 1. The first-order valence-corrected chi connectivity index (χ1v) is 6.41. The largest absolute Gasteiger partial charge is 0.480 e. The van der Waals surface area contributed by atoms with Gasteiger partial charge < -0.3 is 21.5 Å². The SMILES string of the molecule is CSCCC(NC(=O)NCCC(N)=O)C(=O)O. The lowest BCUT2D eigenvalue weighted by Crippen LogP contribution is -2.46. The molecule has 17 heavy (non-hydrogen) atoms. The van der Waals surface area contributed by atoms with Gasteiger partial charge >= 0.3 is 12.0 Å². The van der Waals surface area contributed by atoms with Crippen LogP contribution in [0, 0.1) is 0 Å². The van der Waals surface area contributed by atoms with Crippen LogP contribution in [0.4, 0.5) is 4.79 Å². The number of thioether (sulfide) groups is 1. The summed E-state index contributed by atoms with van der Waals surface area (Å²) in [4.78, 5) is 32.5. The predicted octanol–water partition coefficient (Wildman–Crippen LogP) is -0.633. The smallest absolute Gasteiger partial charge is 0.326 e. The number of aliphatic carboxylic acids is 1. The van der Waals surface area contributed by atoms with E-state index in [1.54, 1.807) is 0 Å². The molecule has 3 amide bonds.